The molecule has 1 aliphatic heterocycles. The summed E-state index contributed by atoms with van der Waals surface area (Å²) in [6.45, 7) is 4.52. The lowest BCUT2D eigenvalue weighted by molar-refractivity contribution is -0.140. The zero-order chi connectivity index (χ0) is 22.5. The van der Waals surface area contributed by atoms with Gasteiger partial charge in [-0.1, -0.05) is 43.2 Å². The average molecular weight is 437 g/mol. The van der Waals surface area contributed by atoms with Crippen LogP contribution in [0.2, 0.25) is 0 Å². The van der Waals surface area contributed by atoms with E-state index in [2.05, 4.69) is 5.32 Å². The standard InChI is InChI=1S/C26H32N2O4/c1-18-7-3-4-8-21(18)16-28(19(2)26(30)27-22-9-5-6-10-22)25(29)14-12-20-11-13-23-24(15-20)32-17-31-23/h3-4,7-8,11,13,15,19,22H,5-6,9-10,12,14,16-17H2,1-2H3,(H,27,30)/t19-/m1/s1. The molecule has 1 saturated carbocycles. The molecule has 6 nitrogen and oxygen atoms in total. The Morgan fingerprint density at radius 2 is 1.84 bits per heavy atom. The summed E-state index contributed by atoms with van der Waals surface area (Å²) in [6, 6.07) is 13.5. The maximum absolute atomic E-state index is 13.3. The average Bonchev–Trinajstić information content (AvgIpc) is 3.48. The first-order valence-corrected chi connectivity index (χ1v) is 11.5. The highest BCUT2D eigenvalue weighted by Crippen LogP contribution is 2.33. The molecule has 1 heterocycles. The molecule has 2 aliphatic rings. The molecular formula is C26H32N2O4. The molecule has 0 unspecified atom stereocenters. The first-order valence-electron chi connectivity index (χ1n) is 11.5. The van der Waals surface area contributed by atoms with Crippen molar-refractivity contribution in [2.75, 3.05) is 6.79 Å². The summed E-state index contributed by atoms with van der Waals surface area (Å²) in [7, 11) is 0. The largest absolute Gasteiger partial charge is 0.454 e. The van der Waals surface area contributed by atoms with Crippen LogP contribution in [0.4, 0.5) is 0 Å². The van der Waals surface area contributed by atoms with Gasteiger partial charge >= 0.3 is 0 Å². The van der Waals surface area contributed by atoms with Crippen molar-refractivity contribution in [2.24, 2.45) is 0 Å². The predicted octanol–water partition coefficient (Wildman–Crippen LogP) is 4.13. The minimum absolute atomic E-state index is 0.0278. The monoisotopic (exact) mass is 436 g/mol. The van der Waals surface area contributed by atoms with Crippen LogP contribution < -0.4 is 14.8 Å². The van der Waals surface area contributed by atoms with Gasteiger partial charge in [0.25, 0.3) is 0 Å². The summed E-state index contributed by atoms with van der Waals surface area (Å²) in [4.78, 5) is 28.0. The summed E-state index contributed by atoms with van der Waals surface area (Å²) in [6.07, 6.45) is 5.26. The number of amides is 2. The van der Waals surface area contributed by atoms with Gasteiger partial charge < -0.3 is 19.7 Å². The number of rotatable bonds is 8. The summed E-state index contributed by atoms with van der Waals surface area (Å²) in [5.41, 5.74) is 3.19. The van der Waals surface area contributed by atoms with Crippen molar-refractivity contribution in [1.29, 1.82) is 0 Å². The van der Waals surface area contributed by atoms with Crippen LogP contribution >= 0.6 is 0 Å². The molecule has 32 heavy (non-hydrogen) atoms. The Hall–Kier alpha value is -3.02. The number of carbonyl (C=O) groups is 2. The Kier molecular flexibility index (Phi) is 6.98. The Bertz CT molecular complexity index is 968. The number of nitrogens with zero attached hydrogens (tertiary/aromatic N) is 1. The van der Waals surface area contributed by atoms with Gasteiger partial charge in [-0.25, -0.2) is 0 Å². The molecule has 1 fully saturated rings. The van der Waals surface area contributed by atoms with Gasteiger partial charge in [0.05, 0.1) is 0 Å². The highest BCUT2D eigenvalue weighted by molar-refractivity contribution is 5.87. The summed E-state index contributed by atoms with van der Waals surface area (Å²) >= 11 is 0. The molecule has 170 valence electrons. The Morgan fingerprint density at radius 1 is 1.09 bits per heavy atom. The van der Waals surface area contributed by atoms with Crippen LogP contribution in [0.5, 0.6) is 11.5 Å². The normalized spacial score (nSPS) is 16.1. The molecule has 0 saturated heterocycles. The van der Waals surface area contributed by atoms with Gasteiger partial charge in [0.2, 0.25) is 18.6 Å². The Balaban J connectivity index is 1.46. The fourth-order valence-corrected chi connectivity index (χ4v) is 4.44. The van der Waals surface area contributed by atoms with Crippen LogP contribution in [0.25, 0.3) is 0 Å². The molecule has 0 aromatic heterocycles. The van der Waals surface area contributed by atoms with Crippen molar-refractivity contribution in [1.82, 2.24) is 10.2 Å². The van der Waals surface area contributed by atoms with E-state index < -0.39 is 6.04 Å². The van der Waals surface area contributed by atoms with Gasteiger partial charge in [0, 0.05) is 19.0 Å². The van der Waals surface area contributed by atoms with E-state index in [1.165, 1.54) is 0 Å². The third-order valence-corrected chi connectivity index (χ3v) is 6.54. The fraction of sp³-hybridized carbons (Fsp3) is 0.462. The second-order valence-corrected chi connectivity index (χ2v) is 8.80. The van der Waals surface area contributed by atoms with Gasteiger partial charge in [0.1, 0.15) is 6.04 Å². The van der Waals surface area contributed by atoms with Gasteiger partial charge in [0.15, 0.2) is 11.5 Å². The van der Waals surface area contributed by atoms with Crippen molar-refractivity contribution in [3.8, 4) is 11.5 Å². The number of ether oxygens (including phenoxy) is 2. The van der Waals surface area contributed by atoms with Crippen molar-refractivity contribution in [2.45, 2.75) is 71.0 Å². The molecule has 2 amide bonds. The Labute approximate surface area is 189 Å². The molecule has 4 rings (SSSR count). The van der Waals surface area contributed by atoms with E-state index in [-0.39, 0.29) is 24.6 Å². The van der Waals surface area contributed by atoms with Crippen LogP contribution in [0.1, 0.15) is 55.7 Å². The molecule has 2 aromatic rings. The first kappa shape index (κ1) is 22.2. The van der Waals surface area contributed by atoms with E-state index in [4.69, 9.17) is 9.47 Å². The number of aryl methyl sites for hydroxylation is 2. The van der Waals surface area contributed by atoms with Gasteiger partial charge in [-0.3, -0.25) is 9.59 Å². The van der Waals surface area contributed by atoms with Crippen LogP contribution in [0.15, 0.2) is 42.5 Å². The second kappa shape index (κ2) is 10.1. The number of hydrogen-bond donors (Lipinski definition) is 1. The molecule has 2 aromatic carbocycles. The third kappa shape index (κ3) is 5.23. The summed E-state index contributed by atoms with van der Waals surface area (Å²) < 4.78 is 10.8. The maximum Gasteiger partial charge on any atom is 0.242 e. The van der Waals surface area contributed by atoms with E-state index in [0.29, 0.717) is 19.4 Å². The SMILES string of the molecule is Cc1ccccc1CN(C(=O)CCc1ccc2c(c1)OCO2)[C@H](C)C(=O)NC1CCCC1. The van der Waals surface area contributed by atoms with E-state index in [1.54, 1.807) is 4.90 Å². The lowest BCUT2D eigenvalue weighted by atomic mass is 10.0. The van der Waals surface area contributed by atoms with Crippen LogP contribution in [-0.4, -0.2) is 35.6 Å². The van der Waals surface area contributed by atoms with Crippen molar-refractivity contribution in [3.05, 3.63) is 59.2 Å². The predicted molar refractivity (Wildman–Crippen MR) is 122 cm³/mol. The number of fused-ring (bicyclic) bond motifs is 1. The quantitative estimate of drug-likeness (QED) is 0.676. The topological polar surface area (TPSA) is 67.9 Å². The van der Waals surface area contributed by atoms with E-state index in [9.17, 15) is 9.59 Å². The lowest BCUT2D eigenvalue weighted by Gasteiger charge is -2.30. The van der Waals surface area contributed by atoms with E-state index in [1.807, 2.05) is 56.3 Å². The minimum atomic E-state index is -0.528. The van der Waals surface area contributed by atoms with Crippen LogP contribution in [-0.2, 0) is 22.6 Å². The van der Waals surface area contributed by atoms with Crippen molar-refractivity contribution in [3.63, 3.8) is 0 Å². The molecule has 0 spiro atoms. The molecule has 1 N–H and O–H groups in total. The highest BCUT2D eigenvalue weighted by atomic mass is 16.7. The van der Waals surface area contributed by atoms with Crippen LogP contribution in [0, 0.1) is 6.92 Å². The number of hydrogen-bond acceptors (Lipinski definition) is 4. The molecular weight excluding hydrogens is 404 g/mol. The highest BCUT2D eigenvalue weighted by Gasteiger charge is 2.28. The number of carbonyl (C=O) groups excluding carboxylic acids is 2. The number of benzene rings is 2. The van der Waals surface area contributed by atoms with Gasteiger partial charge in [-0.2, -0.15) is 0 Å². The van der Waals surface area contributed by atoms with Gasteiger partial charge in [-0.05, 0) is 61.9 Å². The smallest absolute Gasteiger partial charge is 0.242 e. The molecule has 1 atom stereocenters. The van der Waals surface area contributed by atoms with Crippen LogP contribution in [0.3, 0.4) is 0 Å². The molecule has 0 bridgehead atoms. The number of nitrogens with one attached hydrogen (secondary N) is 1. The molecule has 1 aliphatic carbocycles. The summed E-state index contributed by atoms with van der Waals surface area (Å²) in [5, 5.41) is 3.15. The van der Waals surface area contributed by atoms with Gasteiger partial charge in [-0.15, -0.1) is 0 Å². The minimum Gasteiger partial charge on any atom is -0.454 e. The third-order valence-electron chi connectivity index (χ3n) is 6.54. The van der Waals surface area contributed by atoms with E-state index >= 15 is 0 Å². The Morgan fingerprint density at radius 3 is 2.62 bits per heavy atom. The van der Waals surface area contributed by atoms with Crippen molar-refractivity contribution < 1.29 is 19.1 Å². The molecule has 0 radical (unpaired) electrons. The van der Waals surface area contributed by atoms with E-state index in [0.717, 1.165) is 53.9 Å². The zero-order valence-corrected chi connectivity index (χ0v) is 18.9. The lowest BCUT2D eigenvalue weighted by Crippen LogP contribution is -2.49. The molecule has 6 heteroatoms. The first-order chi connectivity index (χ1) is 15.5. The van der Waals surface area contributed by atoms with Crippen molar-refractivity contribution >= 4 is 11.8 Å². The zero-order valence-electron chi connectivity index (χ0n) is 18.9. The fourth-order valence-electron chi connectivity index (χ4n) is 4.44. The second-order valence-electron chi connectivity index (χ2n) is 8.80. The maximum atomic E-state index is 13.3. The summed E-state index contributed by atoms with van der Waals surface area (Å²) in [5.74, 6) is 1.36.